The average Bonchev–Trinajstić information content (AvgIpc) is 2.90. The molecule has 2 fully saturated rings. The maximum absolute atomic E-state index is 12.7. The van der Waals surface area contributed by atoms with E-state index in [1.54, 1.807) is 26.8 Å². The van der Waals surface area contributed by atoms with Crippen molar-refractivity contribution in [1.29, 1.82) is 0 Å². The molecular weight excluding hydrogens is 348 g/mol. The second kappa shape index (κ2) is 6.74. The molecule has 6 unspecified atom stereocenters. The molecule has 0 bridgehead atoms. The molecule has 1 N–H and O–H groups in total. The molecule has 1 heterocycles. The molecule has 3 aliphatic rings. The van der Waals surface area contributed by atoms with Crippen molar-refractivity contribution in [3.05, 3.63) is 22.8 Å². The molecule has 0 amide bonds. The molecule has 0 aromatic rings. The van der Waals surface area contributed by atoms with Crippen LogP contribution in [0.3, 0.4) is 0 Å². The number of fused-ring (bicyclic) bond motifs is 2. The molecule has 2 aliphatic carbocycles. The maximum Gasteiger partial charge on any atom is 0.336 e. The van der Waals surface area contributed by atoms with Gasteiger partial charge in [-0.2, -0.15) is 0 Å². The van der Waals surface area contributed by atoms with Crippen LogP contribution >= 0.6 is 0 Å². The van der Waals surface area contributed by atoms with Crippen molar-refractivity contribution in [3.63, 3.8) is 0 Å². The fourth-order valence-corrected chi connectivity index (χ4v) is 5.09. The van der Waals surface area contributed by atoms with Gasteiger partial charge in [0.05, 0.1) is 11.7 Å². The van der Waals surface area contributed by atoms with Crippen LogP contribution in [-0.2, 0) is 23.8 Å². The topological polar surface area (TPSA) is 82.1 Å². The minimum absolute atomic E-state index is 0.0852. The summed E-state index contributed by atoms with van der Waals surface area (Å²) in [6.07, 6.45) is 2.45. The van der Waals surface area contributed by atoms with Gasteiger partial charge in [-0.15, -0.1) is 0 Å². The van der Waals surface area contributed by atoms with Gasteiger partial charge < -0.3 is 19.3 Å². The van der Waals surface area contributed by atoms with Crippen molar-refractivity contribution < 1.29 is 28.9 Å². The molecule has 0 aromatic heterocycles. The summed E-state index contributed by atoms with van der Waals surface area (Å²) in [5.41, 5.74) is 0.997. The number of esters is 2. The lowest BCUT2D eigenvalue weighted by molar-refractivity contribution is -0.242. The van der Waals surface area contributed by atoms with Gasteiger partial charge in [0.1, 0.15) is 6.10 Å². The van der Waals surface area contributed by atoms with Gasteiger partial charge in [0.25, 0.3) is 0 Å². The third-order valence-corrected chi connectivity index (χ3v) is 7.28. The predicted molar refractivity (Wildman–Crippen MR) is 98.5 cm³/mol. The van der Waals surface area contributed by atoms with E-state index in [9.17, 15) is 14.7 Å². The van der Waals surface area contributed by atoms with Gasteiger partial charge in [0, 0.05) is 30.1 Å². The molecule has 6 atom stereocenters. The standard InChI is InChI=1S/C21H30O6/c1-7-11(2)18(23)26-17-16-12(3)19(24)27-21(16,25-6)10-14-8-9-15(22)13(4)20(14,17)5/h7,13-15,17,22H,8-10H2,1-6H3/b11-7-. The Kier molecular flexibility index (Phi) is 5.02. The molecule has 0 spiro atoms. The van der Waals surface area contributed by atoms with Crippen molar-refractivity contribution in [2.45, 2.75) is 71.9 Å². The lowest BCUT2D eigenvalue weighted by atomic mass is 9.51. The highest BCUT2D eigenvalue weighted by atomic mass is 16.7. The molecule has 6 nitrogen and oxygen atoms in total. The molecule has 1 aliphatic heterocycles. The van der Waals surface area contributed by atoms with E-state index in [4.69, 9.17) is 14.2 Å². The first-order valence-corrected chi connectivity index (χ1v) is 9.64. The molecule has 3 rings (SSSR count). The molecule has 6 heteroatoms. The summed E-state index contributed by atoms with van der Waals surface area (Å²) in [5.74, 6) is -2.08. The number of rotatable bonds is 3. The Labute approximate surface area is 160 Å². The van der Waals surface area contributed by atoms with E-state index in [1.807, 2.05) is 6.92 Å². The number of ether oxygens (including phenoxy) is 3. The van der Waals surface area contributed by atoms with Gasteiger partial charge in [0.15, 0.2) is 0 Å². The monoisotopic (exact) mass is 378 g/mol. The normalized spacial score (nSPS) is 41.7. The molecule has 0 saturated heterocycles. The van der Waals surface area contributed by atoms with Gasteiger partial charge in [0.2, 0.25) is 5.79 Å². The summed E-state index contributed by atoms with van der Waals surface area (Å²) in [6, 6.07) is 0. The van der Waals surface area contributed by atoms with Crippen molar-refractivity contribution in [2.75, 3.05) is 7.11 Å². The summed E-state index contributed by atoms with van der Waals surface area (Å²) in [4.78, 5) is 25.1. The van der Waals surface area contributed by atoms with Crippen LogP contribution in [0.5, 0.6) is 0 Å². The zero-order valence-corrected chi connectivity index (χ0v) is 17.0. The number of hydrogen-bond donors (Lipinski definition) is 1. The second-order valence-corrected chi connectivity index (χ2v) is 8.34. The first-order valence-electron chi connectivity index (χ1n) is 9.64. The van der Waals surface area contributed by atoms with Crippen molar-refractivity contribution >= 4 is 11.9 Å². The smallest absolute Gasteiger partial charge is 0.336 e. The highest BCUT2D eigenvalue weighted by Crippen LogP contribution is 2.61. The highest BCUT2D eigenvalue weighted by molar-refractivity contribution is 5.93. The Bertz CT molecular complexity index is 722. The first kappa shape index (κ1) is 20.1. The number of allylic oxidation sites excluding steroid dienone is 1. The molecule has 27 heavy (non-hydrogen) atoms. The largest absolute Gasteiger partial charge is 0.454 e. The van der Waals surface area contributed by atoms with Crippen LogP contribution in [0.15, 0.2) is 22.8 Å². The fraction of sp³-hybridized carbons (Fsp3) is 0.714. The van der Waals surface area contributed by atoms with Gasteiger partial charge in [-0.3, -0.25) is 0 Å². The minimum Gasteiger partial charge on any atom is -0.454 e. The fourth-order valence-electron chi connectivity index (χ4n) is 5.09. The summed E-state index contributed by atoms with van der Waals surface area (Å²) < 4.78 is 17.4. The number of aliphatic hydroxyl groups excluding tert-OH is 1. The number of methoxy groups -OCH3 is 1. The van der Waals surface area contributed by atoms with Crippen molar-refractivity contribution in [1.82, 2.24) is 0 Å². The quantitative estimate of drug-likeness (QED) is 0.601. The molecule has 2 saturated carbocycles. The van der Waals surface area contributed by atoms with Crippen molar-refractivity contribution in [2.24, 2.45) is 17.3 Å². The highest BCUT2D eigenvalue weighted by Gasteiger charge is 2.66. The maximum atomic E-state index is 12.7. The van der Waals surface area contributed by atoms with E-state index in [-0.39, 0.29) is 11.8 Å². The predicted octanol–water partition coefficient (Wildman–Crippen LogP) is 2.90. The summed E-state index contributed by atoms with van der Waals surface area (Å²) in [5, 5.41) is 10.6. The lowest BCUT2D eigenvalue weighted by Gasteiger charge is -2.58. The van der Waals surface area contributed by atoms with Crippen LogP contribution in [0, 0.1) is 17.3 Å². The van der Waals surface area contributed by atoms with Crippen LogP contribution in [0.1, 0.15) is 53.9 Å². The zero-order valence-electron chi connectivity index (χ0n) is 17.0. The summed E-state index contributed by atoms with van der Waals surface area (Å²) in [7, 11) is 1.52. The van der Waals surface area contributed by atoms with E-state index >= 15 is 0 Å². The van der Waals surface area contributed by atoms with Crippen LogP contribution in [-0.4, -0.2) is 42.1 Å². The first-order chi connectivity index (χ1) is 12.6. The van der Waals surface area contributed by atoms with Crippen LogP contribution in [0.4, 0.5) is 0 Å². The van der Waals surface area contributed by atoms with Crippen molar-refractivity contribution in [3.8, 4) is 0 Å². The van der Waals surface area contributed by atoms with E-state index in [2.05, 4.69) is 6.92 Å². The third kappa shape index (κ3) is 2.76. The van der Waals surface area contributed by atoms with Gasteiger partial charge >= 0.3 is 11.9 Å². The zero-order chi connectivity index (χ0) is 20.1. The number of hydrogen-bond acceptors (Lipinski definition) is 6. The minimum atomic E-state index is -1.19. The van der Waals surface area contributed by atoms with Crippen LogP contribution in [0.25, 0.3) is 0 Å². The Balaban J connectivity index is 2.16. The molecule has 0 radical (unpaired) electrons. The van der Waals surface area contributed by atoms with E-state index < -0.39 is 35.3 Å². The average molecular weight is 378 g/mol. The number of carbonyl (C=O) groups excluding carboxylic acids is 2. The van der Waals surface area contributed by atoms with E-state index in [1.165, 1.54) is 7.11 Å². The van der Waals surface area contributed by atoms with Gasteiger partial charge in [-0.25, -0.2) is 9.59 Å². The number of carbonyl (C=O) groups is 2. The third-order valence-electron chi connectivity index (χ3n) is 7.28. The molecular formula is C21H30O6. The Morgan fingerprint density at radius 1 is 1.37 bits per heavy atom. The van der Waals surface area contributed by atoms with Crippen LogP contribution < -0.4 is 0 Å². The number of aliphatic hydroxyl groups is 1. The lowest BCUT2D eigenvalue weighted by Crippen LogP contribution is -2.62. The summed E-state index contributed by atoms with van der Waals surface area (Å²) >= 11 is 0. The second-order valence-electron chi connectivity index (χ2n) is 8.34. The summed E-state index contributed by atoms with van der Waals surface area (Å²) in [6.45, 7) is 9.21. The Hall–Kier alpha value is -1.66. The van der Waals surface area contributed by atoms with Gasteiger partial charge in [-0.05, 0) is 45.4 Å². The Morgan fingerprint density at radius 2 is 2.04 bits per heavy atom. The molecule has 0 aromatic carbocycles. The van der Waals surface area contributed by atoms with Crippen LogP contribution in [0.2, 0.25) is 0 Å². The SMILES string of the molecule is C/C=C(/C)C(=O)OC1C2=C(C)C(=O)OC2(OC)CC2CCC(O)C(C)C21C. The van der Waals surface area contributed by atoms with E-state index in [0.29, 0.717) is 29.6 Å². The Morgan fingerprint density at radius 3 is 2.63 bits per heavy atom. The van der Waals surface area contributed by atoms with Gasteiger partial charge in [-0.1, -0.05) is 19.9 Å². The van der Waals surface area contributed by atoms with E-state index in [0.717, 1.165) is 6.42 Å². The molecule has 150 valence electrons.